The van der Waals surface area contributed by atoms with Crippen LogP contribution in [-0.4, -0.2) is 35.9 Å². The molecule has 3 heterocycles. The summed E-state index contributed by atoms with van der Waals surface area (Å²) in [6.07, 6.45) is 3.94. The number of rotatable bonds is 1. The van der Waals surface area contributed by atoms with Gasteiger partial charge in [-0.1, -0.05) is 11.3 Å². The van der Waals surface area contributed by atoms with E-state index in [1.165, 1.54) is 25.8 Å². The molecule has 2 aliphatic heterocycles. The molecule has 1 aromatic rings. The number of hydrogen-bond acceptors (Lipinski definition) is 5. The second-order valence-electron chi connectivity index (χ2n) is 4.80. The van der Waals surface area contributed by atoms with Crippen LogP contribution in [0.5, 0.6) is 0 Å². The number of piperidine rings is 2. The smallest absolute Gasteiger partial charge is 0.208 e. The fraction of sp³-hybridized carbons (Fsp3) is 0.818. The average molecular weight is 238 g/mol. The standard InChI is InChI=1S/C11H18N4S/c1-8-13-14-11(16-8)15-6-4-10-9(7-15)3-2-5-12-10/h9-10,12H,2-7H2,1H3/t9-,10+/m1/s1. The van der Waals surface area contributed by atoms with Crippen molar-refractivity contribution in [2.24, 2.45) is 5.92 Å². The Labute approximate surface area is 100 Å². The lowest BCUT2D eigenvalue weighted by Crippen LogP contribution is -2.52. The zero-order valence-electron chi connectivity index (χ0n) is 9.65. The summed E-state index contributed by atoms with van der Waals surface area (Å²) >= 11 is 1.72. The van der Waals surface area contributed by atoms with Gasteiger partial charge < -0.3 is 10.2 Å². The molecule has 0 spiro atoms. The zero-order chi connectivity index (χ0) is 11.0. The van der Waals surface area contributed by atoms with Gasteiger partial charge in [-0.3, -0.25) is 0 Å². The van der Waals surface area contributed by atoms with Gasteiger partial charge >= 0.3 is 0 Å². The Kier molecular flexibility index (Phi) is 2.81. The van der Waals surface area contributed by atoms with E-state index >= 15 is 0 Å². The van der Waals surface area contributed by atoms with Crippen molar-refractivity contribution < 1.29 is 0 Å². The summed E-state index contributed by atoms with van der Waals surface area (Å²) in [4.78, 5) is 2.42. The van der Waals surface area contributed by atoms with Crippen molar-refractivity contribution in [1.82, 2.24) is 15.5 Å². The first-order valence-electron chi connectivity index (χ1n) is 6.11. The minimum absolute atomic E-state index is 0.749. The molecule has 2 saturated heterocycles. The lowest BCUT2D eigenvalue weighted by molar-refractivity contribution is 0.244. The average Bonchev–Trinajstić information content (AvgIpc) is 2.75. The quantitative estimate of drug-likeness (QED) is 0.803. The van der Waals surface area contributed by atoms with Gasteiger partial charge in [0.15, 0.2) is 0 Å². The molecule has 0 aromatic carbocycles. The van der Waals surface area contributed by atoms with Crippen LogP contribution < -0.4 is 10.2 Å². The monoisotopic (exact) mass is 238 g/mol. The third kappa shape index (κ3) is 1.94. The molecule has 0 aliphatic carbocycles. The zero-order valence-corrected chi connectivity index (χ0v) is 10.5. The van der Waals surface area contributed by atoms with E-state index in [2.05, 4.69) is 20.4 Å². The predicted octanol–water partition coefficient (Wildman–Crippen LogP) is 1.42. The van der Waals surface area contributed by atoms with E-state index in [9.17, 15) is 0 Å². The molecule has 0 unspecified atom stereocenters. The highest BCUT2D eigenvalue weighted by Crippen LogP contribution is 2.29. The topological polar surface area (TPSA) is 41.1 Å². The van der Waals surface area contributed by atoms with Gasteiger partial charge in [-0.25, -0.2) is 0 Å². The lowest BCUT2D eigenvalue weighted by atomic mass is 9.86. The molecule has 1 aromatic heterocycles. The Balaban J connectivity index is 1.70. The van der Waals surface area contributed by atoms with Crippen molar-refractivity contribution in [3.8, 4) is 0 Å². The first-order chi connectivity index (χ1) is 7.83. The number of nitrogens with one attached hydrogen (secondary N) is 1. The summed E-state index contributed by atoms with van der Waals surface area (Å²) in [6, 6.07) is 0.749. The van der Waals surface area contributed by atoms with Crippen LogP contribution in [0.3, 0.4) is 0 Å². The predicted molar refractivity (Wildman–Crippen MR) is 66.0 cm³/mol. The van der Waals surface area contributed by atoms with Gasteiger partial charge in [0, 0.05) is 19.1 Å². The number of hydrogen-bond donors (Lipinski definition) is 1. The molecular formula is C11H18N4S. The van der Waals surface area contributed by atoms with Crippen LogP contribution in [0.2, 0.25) is 0 Å². The molecule has 3 rings (SSSR count). The van der Waals surface area contributed by atoms with E-state index < -0.39 is 0 Å². The molecule has 2 aliphatic rings. The van der Waals surface area contributed by atoms with Gasteiger partial charge in [0.25, 0.3) is 0 Å². The summed E-state index contributed by atoms with van der Waals surface area (Å²) in [5, 5.41) is 14.2. The lowest BCUT2D eigenvalue weighted by Gasteiger charge is -2.41. The molecule has 4 nitrogen and oxygen atoms in total. The Hall–Kier alpha value is -0.680. The fourth-order valence-corrected chi connectivity index (χ4v) is 3.56. The largest absolute Gasteiger partial charge is 0.346 e. The number of anilines is 1. The van der Waals surface area contributed by atoms with Crippen molar-refractivity contribution in [2.45, 2.75) is 32.2 Å². The molecule has 0 bridgehead atoms. The van der Waals surface area contributed by atoms with Crippen molar-refractivity contribution in [3.63, 3.8) is 0 Å². The minimum Gasteiger partial charge on any atom is -0.346 e. The Morgan fingerprint density at radius 2 is 2.31 bits per heavy atom. The number of nitrogens with zero attached hydrogens (tertiary/aromatic N) is 3. The van der Waals surface area contributed by atoms with E-state index in [1.54, 1.807) is 11.3 Å². The number of aromatic nitrogens is 2. The molecule has 0 amide bonds. The summed E-state index contributed by atoms with van der Waals surface area (Å²) in [5.41, 5.74) is 0. The molecule has 16 heavy (non-hydrogen) atoms. The first kappa shape index (κ1) is 10.5. The van der Waals surface area contributed by atoms with E-state index in [4.69, 9.17) is 0 Å². The normalized spacial score (nSPS) is 30.2. The van der Waals surface area contributed by atoms with Crippen LogP contribution in [0, 0.1) is 12.8 Å². The molecule has 2 atom stereocenters. The summed E-state index contributed by atoms with van der Waals surface area (Å²) < 4.78 is 0. The first-order valence-corrected chi connectivity index (χ1v) is 6.93. The van der Waals surface area contributed by atoms with Gasteiger partial charge in [0.05, 0.1) is 0 Å². The van der Waals surface area contributed by atoms with Crippen molar-refractivity contribution >= 4 is 16.5 Å². The van der Waals surface area contributed by atoms with Crippen molar-refractivity contribution in [2.75, 3.05) is 24.5 Å². The summed E-state index contributed by atoms with van der Waals surface area (Å²) in [5.74, 6) is 0.812. The maximum Gasteiger partial charge on any atom is 0.208 e. The Morgan fingerprint density at radius 3 is 3.12 bits per heavy atom. The van der Waals surface area contributed by atoms with Crippen molar-refractivity contribution in [3.05, 3.63) is 5.01 Å². The van der Waals surface area contributed by atoms with E-state index in [0.29, 0.717) is 0 Å². The minimum atomic E-state index is 0.749. The SMILES string of the molecule is Cc1nnc(N2CC[C@@H]3NCCC[C@@H]3C2)s1. The molecule has 0 radical (unpaired) electrons. The van der Waals surface area contributed by atoms with E-state index in [-0.39, 0.29) is 0 Å². The van der Waals surface area contributed by atoms with E-state index in [0.717, 1.165) is 35.2 Å². The van der Waals surface area contributed by atoms with Gasteiger partial charge in [-0.15, -0.1) is 10.2 Å². The maximum absolute atomic E-state index is 4.25. The van der Waals surface area contributed by atoms with Gasteiger partial charge in [0.1, 0.15) is 5.01 Å². The van der Waals surface area contributed by atoms with E-state index in [1.807, 2.05) is 6.92 Å². The highest BCUT2D eigenvalue weighted by Gasteiger charge is 2.31. The second kappa shape index (κ2) is 4.30. The van der Waals surface area contributed by atoms with Crippen LogP contribution in [-0.2, 0) is 0 Å². The number of fused-ring (bicyclic) bond motifs is 1. The summed E-state index contributed by atoms with van der Waals surface area (Å²) in [6.45, 7) is 5.52. The molecule has 1 N–H and O–H groups in total. The fourth-order valence-electron chi connectivity index (χ4n) is 2.83. The third-order valence-corrected chi connectivity index (χ3v) is 4.58. The second-order valence-corrected chi connectivity index (χ2v) is 5.96. The highest BCUT2D eigenvalue weighted by molar-refractivity contribution is 7.15. The van der Waals surface area contributed by atoms with Crippen LogP contribution in [0.4, 0.5) is 5.13 Å². The van der Waals surface area contributed by atoms with Crippen LogP contribution in [0.15, 0.2) is 0 Å². The third-order valence-electron chi connectivity index (χ3n) is 3.68. The molecule has 5 heteroatoms. The molecule has 88 valence electrons. The van der Waals surface area contributed by atoms with Gasteiger partial charge in [0.2, 0.25) is 5.13 Å². The van der Waals surface area contributed by atoms with Crippen LogP contribution in [0.25, 0.3) is 0 Å². The Morgan fingerprint density at radius 1 is 1.38 bits per heavy atom. The molecule has 2 fully saturated rings. The molecule has 0 saturated carbocycles. The molecular weight excluding hydrogens is 220 g/mol. The Bertz CT molecular complexity index is 365. The van der Waals surface area contributed by atoms with Gasteiger partial charge in [-0.05, 0) is 38.6 Å². The summed E-state index contributed by atoms with van der Waals surface area (Å²) in [7, 11) is 0. The van der Waals surface area contributed by atoms with Crippen molar-refractivity contribution in [1.29, 1.82) is 0 Å². The maximum atomic E-state index is 4.25. The highest BCUT2D eigenvalue weighted by atomic mass is 32.1. The van der Waals surface area contributed by atoms with Crippen LogP contribution >= 0.6 is 11.3 Å². The van der Waals surface area contributed by atoms with Gasteiger partial charge in [-0.2, -0.15) is 0 Å². The van der Waals surface area contributed by atoms with Crippen LogP contribution in [0.1, 0.15) is 24.3 Å². The number of aryl methyl sites for hydroxylation is 1.